The Kier molecular flexibility index (Phi) is 7.11. The van der Waals surface area contributed by atoms with Gasteiger partial charge in [-0.3, -0.25) is 9.59 Å². The van der Waals surface area contributed by atoms with Crippen LogP contribution in [-0.4, -0.2) is 43.5 Å². The molecule has 3 rings (SSSR count). The second-order valence-electron chi connectivity index (χ2n) is 6.96. The van der Waals surface area contributed by atoms with Crippen LogP contribution in [0.25, 0.3) is 0 Å². The summed E-state index contributed by atoms with van der Waals surface area (Å²) in [5.74, 6) is 1.91. The van der Waals surface area contributed by atoms with Gasteiger partial charge in [-0.1, -0.05) is 12.1 Å². The number of carbonyl (C=O) groups excluding carboxylic acids is 2. The Balaban J connectivity index is 1.51. The van der Waals surface area contributed by atoms with Crippen molar-refractivity contribution in [3.63, 3.8) is 0 Å². The average molecular weight is 397 g/mol. The Morgan fingerprint density at radius 1 is 1.00 bits per heavy atom. The van der Waals surface area contributed by atoms with E-state index in [1.807, 2.05) is 31.2 Å². The van der Waals surface area contributed by atoms with E-state index in [1.54, 1.807) is 30.1 Å². The maximum Gasteiger partial charge on any atom is 0.223 e. The number of amides is 1. The number of carbonyl (C=O) groups is 2. The SMILES string of the molecule is CCOc1ccc(CN(C)C(=O)CCC(=O)c2ccc3c(c2)OCCCO3)cc1. The summed E-state index contributed by atoms with van der Waals surface area (Å²) in [7, 11) is 1.75. The average Bonchev–Trinajstić information content (AvgIpc) is 2.98. The highest BCUT2D eigenvalue weighted by atomic mass is 16.5. The smallest absolute Gasteiger partial charge is 0.223 e. The first-order chi connectivity index (χ1) is 14.1. The molecule has 154 valence electrons. The summed E-state index contributed by atoms with van der Waals surface area (Å²) in [5.41, 5.74) is 1.55. The molecular formula is C23H27NO5. The zero-order valence-electron chi connectivity index (χ0n) is 17.0. The fraction of sp³-hybridized carbons (Fsp3) is 0.391. The molecule has 1 amide bonds. The van der Waals surface area contributed by atoms with Crippen molar-refractivity contribution in [3.05, 3.63) is 53.6 Å². The van der Waals surface area contributed by atoms with Gasteiger partial charge in [0.25, 0.3) is 0 Å². The molecule has 0 aromatic heterocycles. The fourth-order valence-corrected chi connectivity index (χ4v) is 3.11. The van der Waals surface area contributed by atoms with Crippen molar-refractivity contribution < 1.29 is 23.8 Å². The van der Waals surface area contributed by atoms with E-state index in [4.69, 9.17) is 14.2 Å². The molecule has 0 radical (unpaired) electrons. The van der Waals surface area contributed by atoms with Crippen LogP contribution in [0, 0.1) is 0 Å². The lowest BCUT2D eigenvalue weighted by atomic mass is 10.1. The van der Waals surface area contributed by atoms with Gasteiger partial charge in [0.05, 0.1) is 19.8 Å². The minimum Gasteiger partial charge on any atom is -0.494 e. The Morgan fingerprint density at radius 3 is 2.45 bits per heavy atom. The predicted octanol–water partition coefficient (Wildman–Crippen LogP) is 3.87. The van der Waals surface area contributed by atoms with Crippen LogP contribution >= 0.6 is 0 Å². The number of ketones is 1. The van der Waals surface area contributed by atoms with Gasteiger partial charge in [-0.15, -0.1) is 0 Å². The van der Waals surface area contributed by atoms with Crippen molar-refractivity contribution in [1.29, 1.82) is 0 Å². The molecule has 6 nitrogen and oxygen atoms in total. The third-order valence-electron chi connectivity index (χ3n) is 4.72. The van der Waals surface area contributed by atoms with Crippen LogP contribution in [0.1, 0.15) is 42.1 Å². The van der Waals surface area contributed by atoms with Crippen LogP contribution in [0.5, 0.6) is 17.2 Å². The van der Waals surface area contributed by atoms with Gasteiger partial charge >= 0.3 is 0 Å². The predicted molar refractivity (Wildman–Crippen MR) is 110 cm³/mol. The van der Waals surface area contributed by atoms with Crippen LogP contribution in [0.2, 0.25) is 0 Å². The van der Waals surface area contributed by atoms with Crippen molar-refractivity contribution in [3.8, 4) is 17.2 Å². The summed E-state index contributed by atoms with van der Waals surface area (Å²) in [4.78, 5) is 26.6. The molecule has 0 atom stereocenters. The van der Waals surface area contributed by atoms with E-state index < -0.39 is 0 Å². The number of hydrogen-bond donors (Lipinski definition) is 0. The largest absolute Gasteiger partial charge is 0.494 e. The quantitative estimate of drug-likeness (QED) is 0.633. The van der Waals surface area contributed by atoms with Gasteiger partial charge in [-0.2, -0.15) is 0 Å². The van der Waals surface area contributed by atoms with Crippen molar-refractivity contribution in [1.82, 2.24) is 4.90 Å². The first kappa shape index (κ1) is 20.7. The molecule has 0 fully saturated rings. The first-order valence-electron chi connectivity index (χ1n) is 9.95. The van der Waals surface area contributed by atoms with Gasteiger partial charge in [-0.05, 0) is 42.8 Å². The Labute approximate surface area is 171 Å². The van der Waals surface area contributed by atoms with Crippen LogP contribution < -0.4 is 14.2 Å². The van der Waals surface area contributed by atoms with Gasteiger partial charge in [0, 0.05) is 38.4 Å². The van der Waals surface area contributed by atoms with Gasteiger partial charge in [0.1, 0.15) is 5.75 Å². The van der Waals surface area contributed by atoms with Crippen molar-refractivity contribution in [2.45, 2.75) is 32.7 Å². The second-order valence-corrected chi connectivity index (χ2v) is 6.96. The van der Waals surface area contributed by atoms with Gasteiger partial charge in [-0.25, -0.2) is 0 Å². The van der Waals surface area contributed by atoms with E-state index in [0.29, 0.717) is 43.4 Å². The van der Waals surface area contributed by atoms with Gasteiger partial charge in [0.15, 0.2) is 17.3 Å². The fourth-order valence-electron chi connectivity index (χ4n) is 3.11. The highest BCUT2D eigenvalue weighted by Crippen LogP contribution is 2.30. The third-order valence-corrected chi connectivity index (χ3v) is 4.72. The topological polar surface area (TPSA) is 65.1 Å². The molecule has 1 aliphatic heterocycles. The number of benzene rings is 2. The van der Waals surface area contributed by atoms with Gasteiger partial charge in [0.2, 0.25) is 5.91 Å². The summed E-state index contributed by atoms with van der Waals surface area (Å²) >= 11 is 0. The van der Waals surface area contributed by atoms with E-state index >= 15 is 0 Å². The van der Waals surface area contributed by atoms with Gasteiger partial charge < -0.3 is 19.1 Å². The lowest BCUT2D eigenvalue weighted by Gasteiger charge is -2.17. The molecule has 29 heavy (non-hydrogen) atoms. The number of Topliss-reactive ketones (excluding diaryl/α,β-unsaturated/α-hetero) is 1. The minimum absolute atomic E-state index is 0.0680. The van der Waals surface area contributed by atoms with E-state index in [0.717, 1.165) is 17.7 Å². The molecular weight excluding hydrogens is 370 g/mol. The number of nitrogens with zero attached hydrogens (tertiary/aromatic N) is 1. The molecule has 0 spiro atoms. The molecule has 2 aromatic rings. The molecule has 0 saturated carbocycles. The van der Waals surface area contributed by atoms with E-state index in [9.17, 15) is 9.59 Å². The Hall–Kier alpha value is -3.02. The molecule has 1 heterocycles. The molecule has 0 N–H and O–H groups in total. The van der Waals surface area contributed by atoms with Crippen LogP contribution in [0.4, 0.5) is 0 Å². The second kappa shape index (κ2) is 9.96. The van der Waals surface area contributed by atoms with Crippen LogP contribution in [0.3, 0.4) is 0 Å². The third kappa shape index (κ3) is 5.73. The molecule has 0 saturated heterocycles. The van der Waals surface area contributed by atoms with E-state index in [-0.39, 0.29) is 24.5 Å². The highest BCUT2D eigenvalue weighted by Gasteiger charge is 2.16. The lowest BCUT2D eigenvalue weighted by molar-refractivity contribution is -0.130. The number of fused-ring (bicyclic) bond motifs is 1. The van der Waals surface area contributed by atoms with Crippen molar-refractivity contribution in [2.75, 3.05) is 26.9 Å². The number of hydrogen-bond acceptors (Lipinski definition) is 5. The molecule has 6 heteroatoms. The summed E-state index contributed by atoms with van der Waals surface area (Å²) in [6.07, 6.45) is 1.14. The molecule has 2 aromatic carbocycles. The summed E-state index contributed by atoms with van der Waals surface area (Å²) in [6, 6.07) is 12.9. The highest BCUT2D eigenvalue weighted by molar-refractivity contribution is 5.98. The normalized spacial score (nSPS) is 12.8. The van der Waals surface area contributed by atoms with E-state index in [2.05, 4.69) is 0 Å². The Bertz CT molecular complexity index is 847. The Morgan fingerprint density at radius 2 is 1.72 bits per heavy atom. The molecule has 0 unspecified atom stereocenters. The minimum atomic E-state index is -0.0801. The number of ether oxygens (including phenoxy) is 3. The first-order valence-corrected chi connectivity index (χ1v) is 9.95. The molecule has 1 aliphatic rings. The van der Waals surface area contributed by atoms with E-state index in [1.165, 1.54) is 0 Å². The maximum absolute atomic E-state index is 12.5. The molecule has 0 bridgehead atoms. The monoisotopic (exact) mass is 397 g/mol. The summed E-state index contributed by atoms with van der Waals surface area (Å²) < 4.78 is 16.6. The summed E-state index contributed by atoms with van der Waals surface area (Å²) in [6.45, 7) is 4.22. The number of rotatable bonds is 8. The van der Waals surface area contributed by atoms with Crippen LogP contribution in [-0.2, 0) is 11.3 Å². The zero-order valence-corrected chi connectivity index (χ0v) is 17.0. The van der Waals surface area contributed by atoms with Crippen molar-refractivity contribution >= 4 is 11.7 Å². The lowest BCUT2D eigenvalue weighted by Crippen LogP contribution is -2.26. The maximum atomic E-state index is 12.5. The summed E-state index contributed by atoms with van der Waals surface area (Å²) in [5, 5.41) is 0. The standard InChI is InChI=1S/C23H27NO5/c1-3-27-19-8-5-17(6-9-19)16-24(2)23(26)12-10-20(25)18-7-11-21-22(15-18)29-14-4-13-28-21/h5-9,11,15H,3-4,10,12-14,16H2,1-2H3. The van der Waals surface area contributed by atoms with Crippen molar-refractivity contribution in [2.24, 2.45) is 0 Å². The zero-order chi connectivity index (χ0) is 20.6. The van der Waals surface area contributed by atoms with Crippen LogP contribution in [0.15, 0.2) is 42.5 Å². The molecule has 0 aliphatic carbocycles.